The van der Waals surface area contributed by atoms with Crippen molar-refractivity contribution in [3.63, 3.8) is 0 Å². The summed E-state index contributed by atoms with van der Waals surface area (Å²) in [5, 5.41) is 28.1. The Morgan fingerprint density at radius 3 is 2.55 bits per heavy atom. The third-order valence-electron chi connectivity index (χ3n) is 3.05. The first-order chi connectivity index (χ1) is 10.5. The molecule has 6 heteroatoms. The van der Waals surface area contributed by atoms with E-state index in [9.17, 15) is 15.0 Å². The smallest absolute Gasteiger partial charge is 0.337 e. The average Bonchev–Trinajstić information content (AvgIpc) is 2.53. The summed E-state index contributed by atoms with van der Waals surface area (Å²) in [6, 6.07) is 11.6. The molecule has 1 unspecified atom stereocenters. The van der Waals surface area contributed by atoms with Crippen LogP contribution in [0.1, 0.15) is 22.0 Å². The maximum absolute atomic E-state index is 11.5. The van der Waals surface area contributed by atoms with Crippen LogP contribution >= 0.6 is 11.6 Å². The third kappa shape index (κ3) is 2.98. The lowest BCUT2D eigenvalue weighted by Crippen LogP contribution is -2.08. The predicted molar refractivity (Wildman–Crippen MR) is 81.4 cm³/mol. The lowest BCUT2D eigenvalue weighted by Gasteiger charge is -2.14. The van der Waals surface area contributed by atoms with Crippen molar-refractivity contribution in [1.82, 2.24) is 4.98 Å². The molecular weight excluding hydrogens is 304 g/mol. The quantitative estimate of drug-likeness (QED) is 0.667. The largest absolute Gasteiger partial charge is 0.478 e. The molecule has 1 atom stereocenters. The zero-order chi connectivity index (χ0) is 16.3. The van der Waals surface area contributed by atoms with Gasteiger partial charge in [0.25, 0.3) is 0 Å². The fourth-order valence-electron chi connectivity index (χ4n) is 1.93. The van der Waals surface area contributed by atoms with Crippen LogP contribution in [0.4, 0.5) is 0 Å². The van der Waals surface area contributed by atoms with E-state index < -0.39 is 12.1 Å². The maximum Gasteiger partial charge on any atom is 0.337 e. The van der Waals surface area contributed by atoms with Gasteiger partial charge in [-0.15, -0.1) is 0 Å². The van der Waals surface area contributed by atoms with Crippen LogP contribution in [0.3, 0.4) is 0 Å². The fourth-order valence-corrected chi connectivity index (χ4v) is 2.17. The molecule has 2 aromatic rings. The lowest BCUT2D eigenvalue weighted by molar-refractivity contribution is 0.0697. The molecular formula is C16H11ClN2O3. The molecule has 2 rings (SSSR count). The van der Waals surface area contributed by atoms with Gasteiger partial charge >= 0.3 is 5.97 Å². The zero-order valence-electron chi connectivity index (χ0n) is 11.3. The number of nitrogens with zero attached hydrogens (tertiary/aromatic N) is 2. The van der Waals surface area contributed by atoms with Crippen molar-refractivity contribution >= 4 is 17.6 Å². The van der Waals surface area contributed by atoms with Crippen molar-refractivity contribution in [1.29, 1.82) is 5.26 Å². The van der Waals surface area contributed by atoms with Gasteiger partial charge in [-0.3, -0.25) is 0 Å². The van der Waals surface area contributed by atoms with Crippen molar-refractivity contribution in [3.8, 4) is 17.3 Å². The topological polar surface area (TPSA) is 94.2 Å². The standard InChI is InChI=1S/C16H11ClN2O3/c1-9(8-18)14(20)12-7-11(16(21)22)13(19-15(12)17)10-5-3-2-4-6-10/h2-7,14,20H,1H2,(H,21,22). The van der Waals surface area contributed by atoms with E-state index in [-0.39, 0.29) is 27.5 Å². The Morgan fingerprint density at radius 1 is 1.36 bits per heavy atom. The van der Waals surface area contributed by atoms with Crippen LogP contribution in [0.5, 0.6) is 0 Å². The molecule has 1 aromatic heterocycles. The number of carboxylic acids is 1. The average molecular weight is 315 g/mol. The van der Waals surface area contributed by atoms with Gasteiger partial charge in [0, 0.05) is 11.1 Å². The highest BCUT2D eigenvalue weighted by molar-refractivity contribution is 6.30. The Bertz CT molecular complexity index is 782. The van der Waals surface area contributed by atoms with Crippen LogP contribution in [0.15, 0.2) is 48.6 Å². The van der Waals surface area contributed by atoms with Gasteiger partial charge in [0.1, 0.15) is 11.3 Å². The van der Waals surface area contributed by atoms with Crippen molar-refractivity contribution in [2.75, 3.05) is 0 Å². The number of hydrogen-bond acceptors (Lipinski definition) is 4. The van der Waals surface area contributed by atoms with E-state index in [0.29, 0.717) is 5.56 Å². The molecule has 0 saturated heterocycles. The first-order valence-corrected chi connectivity index (χ1v) is 6.59. The first-order valence-electron chi connectivity index (χ1n) is 6.21. The van der Waals surface area contributed by atoms with E-state index in [1.54, 1.807) is 36.4 Å². The van der Waals surface area contributed by atoms with Gasteiger partial charge in [-0.2, -0.15) is 5.26 Å². The number of rotatable bonds is 4. The summed E-state index contributed by atoms with van der Waals surface area (Å²) in [6.45, 7) is 3.40. The molecule has 1 aromatic carbocycles. The molecule has 0 amide bonds. The highest BCUT2D eigenvalue weighted by Gasteiger charge is 2.22. The molecule has 110 valence electrons. The molecule has 0 aliphatic carbocycles. The number of aromatic carboxylic acids is 1. The first kappa shape index (κ1) is 15.7. The van der Waals surface area contributed by atoms with E-state index in [1.165, 1.54) is 6.07 Å². The van der Waals surface area contributed by atoms with E-state index in [1.807, 2.05) is 0 Å². The second kappa shape index (κ2) is 6.39. The summed E-state index contributed by atoms with van der Waals surface area (Å²) < 4.78 is 0. The van der Waals surface area contributed by atoms with Crippen molar-refractivity contribution < 1.29 is 15.0 Å². The number of carbonyl (C=O) groups is 1. The van der Waals surface area contributed by atoms with Gasteiger partial charge < -0.3 is 10.2 Å². The molecule has 0 spiro atoms. The van der Waals surface area contributed by atoms with E-state index in [0.717, 1.165) is 0 Å². The van der Waals surface area contributed by atoms with Gasteiger partial charge in [-0.05, 0) is 6.07 Å². The molecule has 0 bridgehead atoms. The molecule has 1 heterocycles. The molecule has 0 aliphatic heterocycles. The second-order valence-corrected chi connectivity index (χ2v) is 4.83. The van der Waals surface area contributed by atoms with Crippen LogP contribution in [0, 0.1) is 11.3 Å². The minimum Gasteiger partial charge on any atom is -0.478 e. The Hall–Kier alpha value is -2.68. The Kier molecular flexibility index (Phi) is 4.56. The Labute approximate surface area is 131 Å². The van der Waals surface area contributed by atoms with E-state index >= 15 is 0 Å². The summed E-state index contributed by atoms with van der Waals surface area (Å²) >= 11 is 6.04. The number of hydrogen-bond donors (Lipinski definition) is 2. The summed E-state index contributed by atoms with van der Waals surface area (Å²) in [6.07, 6.45) is -1.40. The van der Waals surface area contributed by atoms with Gasteiger partial charge in [-0.1, -0.05) is 48.5 Å². The van der Waals surface area contributed by atoms with Gasteiger partial charge in [0.2, 0.25) is 0 Å². The number of aliphatic hydroxyl groups excluding tert-OH is 1. The Balaban J connectivity index is 2.65. The monoisotopic (exact) mass is 314 g/mol. The molecule has 2 N–H and O–H groups in total. The van der Waals surface area contributed by atoms with Crippen LogP contribution in [0.25, 0.3) is 11.3 Å². The summed E-state index contributed by atoms with van der Waals surface area (Å²) in [7, 11) is 0. The number of halogens is 1. The van der Waals surface area contributed by atoms with Crippen molar-refractivity contribution in [2.24, 2.45) is 0 Å². The summed E-state index contributed by atoms with van der Waals surface area (Å²) in [5.41, 5.74) is 0.548. The SMILES string of the molecule is C=C(C#N)C(O)c1cc(C(=O)O)c(-c2ccccc2)nc1Cl. The van der Waals surface area contributed by atoms with Crippen LogP contribution in [0.2, 0.25) is 5.15 Å². The highest BCUT2D eigenvalue weighted by atomic mass is 35.5. The molecule has 0 radical (unpaired) electrons. The number of aromatic nitrogens is 1. The van der Waals surface area contributed by atoms with Gasteiger partial charge in [0.05, 0.1) is 22.9 Å². The number of aliphatic hydroxyl groups is 1. The summed E-state index contributed by atoms with van der Waals surface area (Å²) in [5.74, 6) is -1.21. The highest BCUT2D eigenvalue weighted by Crippen LogP contribution is 2.31. The number of pyridine rings is 1. The number of nitriles is 1. The second-order valence-electron chi connectivity index (χ2n) is 4.48. The van der Waals surface area contributed by atoms with E-state index in [4.69, 9.17) is 16.9 Å². The van der Waals surface area contributed by atoms with Gasteiger partial charge in [-0.25, -0.2) is 9.78 Å². The van der Waals surface area contributed by atoms with Crippen LogP contribution in [-0.2, 0) is 0 Å². The van der Waals surface area contributed by atoms with Gasteiger partial charge in [0.15, 0.2) is 0 Å². The lowest BCUT2D eigenvalue weighted by atomic mass is 10.00. The zero-order valence-corrected chi connectivity index (χ0v) is 12.1. The molecule has 0 saturated carbocycles. The van der Waals surface area contributed by atoms with Crippen molar-refractivity contribution in [3.05, 3.63) is 64.8 Å². The number of carboxylic acid groups (broad SMARTS) is 1. The molecule has 22 heavy (non-hydrogen) atoms. The molecule has 0 fully saturated rings. The third-order valence-corrected chi connectivity index (χ3v) is 3.35. The maximum atomic E-state index is 11.5. The van der Waals surface area contributed by atoms with Crippen LogP contribution in [-0.4, -0.2) is 21.2 Å². The fraction of sp³-hybridized carbons (Fsp3) is 0.0625. The van der Waals surface area contributed by atoms with Crippen molar-refractivity contribution in [2.45, 2.75) is 6.10 Å². The normalized spacial score (nSPS) is 11.5. The Morgan fingerprint density at radius 2 is 2.00 bits per heavy atom. The predicted octanol–water partition coefficient (Wildman–Crippen LogP) is 3.21. The minimum atomic E-state index is -1.40. The molecule has 0 aliphatic rings. The minimum absolute atomic E-state index is 0.0327. The van der Waals surface area contributed by atoms with Crippen LogP contribution < -0.4 is 0 Å². The van der Waals surface area contributed by atoms with E-state index in [2.05, 4.69) is 11.6 Å². The summed E-state index contributed by atoms with van der Waals surface area (Å²) in [4.78, 5) is 15.5. The number of benzene rings is 1. The molecule has 5 nitrogen and oxygen atoms in total.